The van der Waals surface area contributed by atoms with Gasteiger partial charge in [0, 0.05) is 40.2 Å². The fraction of sp³-hybridized carbons (Fsp3) is 0.208. The standard InChI is InChI=1S/C24H23N5O3S/c1-15-3-9-21-19(13-15)20-14-16(4-10-22(20)28-21)23(30)27-17-5-7-18(8-6-17)33(31,32)29-24-25-11-2-12-26-24/h2,4-8,10-12,14-15,28H,3,9,13H2,1H3,(H,27,30)(H,25,26,29)/t15-/m1/s1. The van der Waals surface area contributed by atoms with Gasteiger partial charge in [0.2, 0.25) is 5.95 Å². The van der Waals surface area contributed by atoms with E-state index >= 15 is 0 Å². The van der Waals surface area contributed by atoms with Crippen LogP contribution < -0.4 is 10.0 Å². The van der Waals surface area contributed by atoms with Crippen molar-refractivity contribution in [2.24, 2.45) is 5.92 Å². The molecule has 2 aromatic carbocycles. The maximum absolute atomic E-state index is 12.9. The van der Waals surface area contributed by atoms with Crippen molar-refractivity contribution in [1.29, 1.82) is 0 Å². The Morgan fingerprint density at radius 2 is 1.85 bits per heavy atom. The number of fused-ring (bicyclic) bond motifs is 3. The molecule has 168 valence electrons. The van der Waals surface area contributed by atoms with Crippen LogP contribution >= 0.6 is 0 Å². The zero-order chi connectivity index (χ0) is 23.0. The Balaban J connectivity index is 1.33. The van der Waals surface area contributed by atoms with Gasteiger partial charge in [0.25, 0.3) is 15.9 Å². The van der Waals surface area contributed by atoms with Gasteiger partial charge in [0.1, 0.15) is 0 Å². The number of nitrogens with zero attached hydrogens (tertiary/aromatic N) is 2. The summed E-state index contributed by atoms with van der Waals surface area (Å²) in [6, 6.07) is 13.2. The van der Waals surface area contributed by atoms with E-state index in [2.05, 4.69) is 31.9 Å². The molecule has 0 spiro atoms. The van der Waals surface area contributed by atoms with Gasteiger partial charge in [-0.3, -0.25) is 4.79 Å². The molecule has 33 heavy (non-hydrogen) atoms. The van der Waals surface area contributed by atoms with Crippen LogP contribution in [0.3, 0.4) is 0 Å². The minimum absolute atomic E-state index is 0.00777. The summed E-state index contributed by atoms with van der Waals surface area (Å²) in [6.07, 6.45) is 6.12. The van der Waals surface area contributed by atoms with E-state index in [0.29, 0.717) is 17.2 Å². The van der Waals surface area contributed by atoms with Gasteiger partial charge in [-0.25, -0.2) is 23.1 Å². The highest BCUT2D eigenvalue weighted by molar-refractivity contribution is 7.92. The first kappa shape index (κ1) is 21.1. The Kier molecular flexibility index (Phi) is 5.33. The van der Waals surface area contributed by atoms with Crippen LogP contribution in [0.25, 0.3) is 10.9 Å². The molecule has 0 bridgehead atoms. The van der Waals surface area contributed by atoms with Crippen LogP contribution in [0.2, 0.25) is 0 Å². The topological polar surface area (TPSA) is 117 Å². The second kappa shape index (κ2) is 8.32. The number of anilines is 2. The summed E-state index contributed by atoms with van der Waals surface area (Å²) in [7, 11) is -3.83. The van der Waals surface area contributed by atoms with Crippen molar-refractivity contribution < 1.29 is 13.2 Å². The van der Waals surface area contributed by atoms with Crippen molar-refractivity contribution in [3.05, 3.63) is 77.7 Å². The summed E-state index contributed by atoms with van der Waals surface area (Å²) in [5.74, 6) is 0.375. The summed E-state index contributed by atoms with van der Waals surface area (Å²) in [5, 5.41) is 3.94. The van der Waals surface area contributed by atoms with E-state index in [1.807, 2.05) is 12.1 Å². The number of benzene rings is 2. The smallest absolute Gasteiger partial charge is 0.264 e. The van der Waals surface area contributed by atoms with Gasteiger partial charge < -0.3 is 10.3 Å². The summed E-state index contributed by atoms with van der Waals surface area (Å²) in [6.45, 7) is 2.25. The van der Waals surface area contributed by atoms with Gasteiger partial charge >= 0.3 is 0 Å². The summed E-state index contributed by atoms with van der Waals surface area (Å²) in [4.78, 5) is 24.1. The lowest BCUT2D eigenvalue weighted by atomic mass is 9.87. The third kappa shape index (κ3) is 4.31. The lowest BCUT2D eigenvalue weighted by Gasteiger charge is -2.18. The first-order valence-electron chi connectivity index (χ1n) is 10.7. The van der Waals surface area contributed by atoms with E-state index in [9.17, 15) is 13.2 Å². The summed E-state index contributed by atoms with van der Waals surface area (Å²) < 4.78 is 27.4. The number of aromatic amines is 1. The molecule has 1 aliphatic carbocycles. The van der Waals surface area contributed by atoms with Crippen LogP contribution in [0.1, 0.15) is 35.0 Å². The molecule has 1 atom stereocenters. The fourth-order valence-electron chi connectivity index (χ4n) is 4.18. The molecule has 4 aromatic rings. The average molecular weight is 462 g/mol. The van der Waals surface area contributed by atoms with Gasteiger partial charge in [-0.2, -0.15) is 0 Å². The molecule has 0 radical (unpaired) electrons. The molecule has 1 amide bonds. The summed E-state index contributed by atoms with van der Waals surface area (Å²) in [5.41, 5.74) is 4.69. The number of aryl methyl sites for hydroxylation is 1. The molecular weight excluding hydrogens is 438 g/mol. The number of sulfonamides is 1. The predicted octanol–water partition coefficient (Wildman–Crippen LogP) is 4.14. The van der Waals surface area contributed by atoms with E-state index < -0.39 is 10.0 Å². The van der Waals surface area contributed by atoms with Crippen LogP contribution in [0.4, 0.5) is 11.6 Å². The number of amides is 1. The van der Waals surface area contributed by atoms with Gasteiger partial charge in [-0.05, 0) is 79.3 Å². The highest BCUT2D eigenvalue weighted by Gasteiger charge is 2.21. The Labute approximate surface area is 191 Å². The number of hydrogen-bond acceptors (Lipinski definition) is 5. The van der Waals surface area contributed by atoms with Crippen molar-refractivity contribution in [2.45, 2.75) is 31.1 Å². The molecule has 0 saturated carbocycles. The van der Waals surface area contributed by atoms with Crippen LogP contribution in [-0.4, -0.2) is 29.3 Å². The number of nitrogens with one attached hydrogen (secondary N) is 3. The molecule has 5 rings (SSSR count). The zero-order valence-electron chi connectivity index (χ0n) is 18.0. The minimum atomic E-state index is -3.83. The van der Waals surface area contributed by atoms with Gasteiger partial charge in [0.15, 0.2) is 0 Å². The lowest BCUT2D eigenvalue weighted by molar-refractivity contribution is 0.102. The van der Waals surface area contributed by atoms with E-state index in [1.165, 1.54) is 42.2 Å². The van der Waals surface area contributed by atoms with Crippen LogP contribution in [0.5, 0.6) is 0 Å². The molecule has 0 unspecified atom stereocenters. The Hall–Kier alpha value is -3.72. The monoisotopic (exact) mass is 461 g/mol. The number of hydrogen-bond donors (Lipinski definition) is 3. The van der Waals surface area contributed by atoms with E-state index in [0.717, 1.165) is 23.7 Å². The van der Waals surface area contributed by atoms with Gasteiger partial charge in [-0.15, -0.1) is 0 Å². The average Bonchev–Trinajstić information content (AvgIpc) is 3.17. The van der Waals surface area contributed by atoms with Crippen molar-refractivity contribution in [1.82, 2.24) is 15.0 Å². The predicted molar refractivity (Wildman–Crippen MR) is 127 cm³/mol. The molecule has 3 N–H and O–H groups in total. The van der Waals surface area contributed by atoms with E-state index in [1.54, 1.807) is 24.3 Å². The Morgan fingerprint density at radius 1 is 1.09 bits per heavy atom. The molecule has 0 aliphatic heterocycles. The molecule has 0 fully saturated rings. The normalized spacial score (nSPS) is 15.7. The molecule has 1 aliphatic rings. The van der Waals surface area contributed by atoms with E-state index in [4.69, 9.17) is 0 Å². The molecule has 2 heterocycles. The number of H-pyrrole nitrogens is 1. The highest BCUT2D eigenvalue weighted by Crippen LogP contribution is 2.32. The van der Waals surface area contributed by atoms with Crippen LogP contribution in [0, 0.1) is 5.92 Å². The van der Waals surface area contributed by atoms with Gasteiger partial charge in [-0.1, -0.05) is 6.92 Å². The molecule has 2 aromatic heterocycles. The number of carbonyl (C=O) groups is 1. The fourth-order valence-corrected chi connectivity index (χ4v) is 5.14. The minimum Gasteiger partial charge on any atom is -0.358 e. The third-order valence-corrected chi connectivity index (χ3v) is 7.25. The largest absolute Gasteiger partial charge is 0.358 e. The maximum atomic E-state index is 12.9. The molecular formula is C24H23N5O3S. The molecule has 8 nitrogen and oxygen atoms in total. The van der Waals surface area contributed by atoms with Crippen LogP contribution in [0.15, 0.2) is 65.8 Å². The second-order valence-corrected chi connectivity index (χ2v) is 10.0. The van der Waals surface area contributed by atoms with Crippen molar-refractivity contribution in [2.75, 3.05) is 10.0 Å². The summed E-state index contributed by atoms with van der Waals surface area (Å²) >= 11 is 0. The zero-order valence-corrected chi connectivity index (χ0v) is 18.8. The number of aromatic nitrogens is 3. The first-order valence-corrected chi connectivity index (χ1v) is 12.2. The molecule has 0 saturated heterocycles. The Bertz CT molecular complexity index is 1430. The Morgan fingerprint density at radius 3 is 2.61 bits per heavy atom. The first-order chi connectivity index (χ1) is 15.9. The molecule has 9 heteroatoms. The number of carbonyl (C=O) groups excluding carboxylic acids is 1. The van der Waals surface area contributed by atoms with Crippen molar-refractivity contribution in [3.8, 4) is 0 Å². The maximum Gasteiger partial charge on any atom is 0.264 e. The van der Waals surface area contributed by atoms with Gasteiger partial charge in [0.05, 0.1) is 4.90 Å². The SMILES string of the molecule is C[C@@H]1CCc2[nH]c3ccc(C(=O)Nc4ccc(S(=O)(=O)Nc5ncccn5)cc4)cc3c2C1. The van der Waals surface area contributed by atoms with Crippen molar-refractivity contribution in [3.63, 3.8) is 0 Å². The lowest BCUT2D eigenvalue weighted by Crippen LogP contribution is -2.15. The van der Waals surface area contributed by atoms with E-state index in [-0.39, 0.29) is 16.8 Å². The van der Waals surface area contributed by atoms with Crippen LogP contribution in [-0.2, 0) is 22.9 Å². The number of rotatable bonds is 5. The van der Waals surface area contributed by atoms with Crippen molar-refractivity contribution >= 4 is 38.5 Å². The second-order valence-electron chi connectivity index (χ2n) is 8.35. The third-order valence-electron chi connectivity index (χ3n) is 5.91. The highest BCUT2D eigenvalue weighted by atomic mass is 32.2. The quantitative estimate of drug-likeness (QED) is 0.413.